The third-order valence-electron chi connectivity index (χ3n) is 8.99. The number of carbonyl (C=O) groups is 1. The number of fused-ring (bicyclic) bond motifs is 6. The molecule has 0 unspecified atom stereocenters. The molecule has 0 bridgehead atoms. The maximum atomic E-state index is 13.5. The number of carbonyl (C=O) groups excluding carboxylic acids is 1. The molecule has 0 amide bonds. The predicted molar refractivity (Wildman–Crippen MR) is 105 cm³/mol. The molecular weight excluding hydrogens is 393 g/mol. The average molecular weight is 422 g/mol. The van der Waals surface area contributed by atoms with Gasteiger partial charge in [0.2, 0.25) is 0 Å². The largest absolute Gasteiger partial charge is 0.462 e. The highest BCUT2D eigenvalue weighted by Gasteiger charge is 2.60. The summed E-state index contributed by atoms with van der Waals surface area (Å²) in [6.07, 6.45) is 3.72. The van der Waals surface area contributed by atoms with E-state index in [4.69, 9.17) is 4.74 Å². The summed E-state index contributed by atoms with van der Waals surface area (Å²) in [4.78, 5) is 11.6. The van der Waals surface area contributed by atoms with E-state index >= 15 is 0 Å². The second-order valence-corrected chi connectivity index (χ2v) is 10.4. The summed E-state index contributed by atoms with van der Waals surface area (Å²) in [5.41, 5.74) is 1.08. The zero-order valence-electron chi connectivity index (χ0n) is 17.7. The highest BCUT2D eigenvalue weighted by atomic mass is 19.4. The first kappa shape index (κ1) is 20.1. The van der Waals surface area contributed by atoms with Crippen molar-refractivity contribution in [2.75, 3.05) is 0 Å². The van der Waals surface area contributed by atoms with Crippen LogP contribution in [0.5, 0.6) is 0 Å². The summed E-state index contributed by atoms with van der Waals surface area (Å²) in [7, 11) is 0. The van der Waals surface area contributed by atoms with Crippen LogP contribution in [-0.4, -0.2) is 22.3 Å². The van der Waals surface area contributed by atoms with Crippen molar-refractivity contribution < 1.29 is 22.7 Å². The van der Waals surface area contributed by atoms with Gasteiger partial charge in [-0.3, -0.25) is 9.89 Å². The number of rotatable bonds is 1. The Kier molecular flexibility index (Phi) is 4.27. The Labute approximate surface area is 174 Å². The predicted octanol–water partition coefficient (Wildman–Crippen LogP) is 5.54. The molecule has 1 aromatic heterocycles. The summed E-state index contributed by atoms with van der Waals surface area (Å²) >= 11 is 0. The molecular formula is C23H29F3N2O2. The standard InChI is InChI=1S/C23H29F3N2O2/c1-12(29)30-19-7-6-16-14-5-4-13-10-18-15(20(28-27-18)23(24,25)26)11-22(13,3)17(14)8-9-21(16,19)2/h10,14,16-17,19H,4-9,11H2,1-3H3,(H,27,28)/t14-,16+,17-,19-,21+,22-/m1/s1. The molecule has 6 atom stereocenters. The van der Waals surface area contributed by atoms with E-state index in [1.165, 1.54) is 12.5 Å². The molecule has 4 aliphatic carbocycles. The minimum absolute atomic E-state index is 0.0169. The number of alkyl halides is 3. The Bertz CT molecular complexity index is 920. The molecule has 7 heteroatoms. The van der Waals surface area contributed by atoms with E-state index in [0.717, 1.165) is 38.5 Å². The van der Waals surface area contributed by atoms with Crippen molar-refractivity contribution in [1.82, 2.24) is 10.2 Å². The Balaban J connectivity index is 1.48. The fourth-order valence-electron chi connectivity index (χ4n) is 7.60. The topological polar surface area (TPSA) is 55.0 Å². The summed E-state index contributed by atoms with van der Waals surface area (Å²) in [6.45, 7) is 5.91. The number of aromatic amines is 1. The van der Waals surface area contributed by atoms with Gasteiger partial charge < -0.3 is 4.74 Å². The molecule has 4 aliphatic rings. The van der Waals surface area contributed by atoms with Gasteiger partial charge in [-0.25, -0.2) is 0 Å². The number of allylic oxidation sites excluding steroid dienone is 1. The summed E-state index contributed by atoms with van der Waals surface area (Å²) in [5, 5.41) is 6.24. The van der Waals surface area contributed by atoms with E-state index in [1.54, 1.807) is 0 Å². The monoisotopic (exact) mass is 422 g/mol. The number of hydrogen-bond acceptors (Lipinski definition) is 3. The molecule has 3 fully saturated rings. The van der Waals surface area contributed by atoms with Gasteiger partial charge in [0.15, 0.2) is 0 Å². The Morgan fingerprint density at radius 2 is 1.97 bits per heavy atom. The maximum Gasteiger partial charge on any atom is 0.433 e. The van der Waals surface area contributed by atoms with Crippen molar-refractivity contribution >= 4 is 12.0 Å². The Morgan fingerprint density at radius 3 is 2.67 bits per heavy atom. The van der Waals surface area contributed by atoms with Crippen LogP contribution in [0.25, 0.3) is 6.08 Å². The highest BCUT2D eigenvalue weighted by Crippen LogP contribution is 2.65. The van der Waals surface area contributed by atoms with Crippen LogP contribution >= 0.6 is 0 Å². The average Bonchev–Trinajstić information content (AvgIpc) is 3.19. The van der Waals surface area contributed by atoms with Gasteiger partial charge in [0.1, 0.15) is 11.8 Å². The number of aromatic nitrogens is 2. The first-order valence-corrected chi connectivity index (χ1v) is 11.1. The van der Waals surface area contributed by atoms with Crippen LogP contribution < -0.4 is 0 Å². The normalized spacial score (nSPS) is 40.0. The van der Waals surface area contributed by atoms with Crippen LogP contribution in [0.1, 0.15) is 76.2 Å². The van der Waals surface area contributed by atoms with E-state index in [9.17, 15) is 18.0 Å². The van der Waals surface area contributed by atoms with Gasteiger partial charge in [0.25, 0.3) is 0 Å². The third kappa shape index (κ3) is 2.72. The van der Waals surface area contributed by atoms with Gasteiger partial charge >= 0.3 is 12.1 Å². The van der Waals surface area contributed by atoms with Crippen LogP contribution in [0.4, 0.5) is 13.2 Å². The maximum absolute atomic E-state index is 13.5. The van der Waals surface area contributed by atoms with Crippen molar-refractivity contribution in [3.8, 4) is 0 Å². The lowest BCUT2D eigenvalue weighted by atomic mass is 9.47. The molecule has 3 saturated carbocycles. The molecule has 1 heterocycles. The number of H-pyrrole nitrogens is 1. The number of nitrogens with zero attached hydrogens (tertiary/aromatic N) is 1. The van der Waals surface area contributed by atoms with Crippen LogP contribution in [0.3, 0.4) is 0 Å². The van der Waals surface area contributed by atoms with Gasteiger partial charge in [-0.15, -0.1) is 0 Å². The van der Waals surface area contributed by atoms with Crippen molar-refractivity contribution in [2.24, 2.45) is 28.6 Å². The molecule has 1 aromatic rings. The molecule has 1 N–H and O–H groups in total. The zero-order chi connectivity index (χ0) is 21.5. The number of ether oxygens (including phenoxy) is 1. The first-order chi connectivity index (χ1) is 14.0. The number of nitrogens with one attached hydrogen (secondary N) is 1. The lowest BCUT2D eigenvalue weighted by Crippen LogP contribution is -2.52. The molecule has 30 heavy (non-hydrogen) atoms. The smallest absolute Gasteiger partial charge is 0.433 e. The number of halogens is 3. The zero-order valence-corrected chi connectivity index (χ0v) is 17.7. The molecule has 0 aliphatic heterocycles. The molecule has 0 aromatic carbocycles. The van der Waals surface area contributed by atoms with Crippen LogP contribution in [-0.2, 0) is 22.1 Å². The summed E-state index contributed by atoms with van der Waals surface area (Å²) in [6, 6.07) is 0. The molecule has 0 saturated heterocycles. The van der Waals surface area contributed by atoms with Gasteiger partial charge in [-0.2, -0.15) is 18.3 Å². The fourth-order valence-corrected chi connectivity index (χ4v) is 7.60. The third-order valence-corrected chi connectivity index (χ3v) is 8.99. The van der Waals surface area contributed by atoms with E-state index in [1.807, 2.05) is 6.08 Å². The quantitative estimate of drug-likeness (QED) is 0.605. The highest BCUT2D eigenvalue weighted by molar-refractivity contribution is 5.66. The van der Waals surface area contributed by atoms with Gasteiger partial charge in [0.05, 0.1) is 5.69 Å². The van der Waals surface area contributed by atoms with Crippen molar-refractivity contribution in [3.05, 3.63) is 22.5 Å². The van der Waals surface area contributed by atoms with Crippen LogP contribution in [0, 0.1) is 28.6 Å². The van der Waals surface area contributed by atoms with Crippen LogP contribution in [0.15, 0.2) is 5.57 Å². The molecule has 0 spiro atoms. The summed E-state index contributed by atoms with van der Waals surface area (Å²) in [5.74, 6) is 1.07. The first-order valence-electron chi connectivity index (χ1n) is 11.1. The number of hydrogen-bond donors (Lipinski definition) is 1. The lowest BCUT2D eigenvalue weighted by molar-refractivity contribution is -0.157. The van der Waals surface area contributed by atoms with Crippen LogP contribution in [0.2, 0.25) is 0 Å². The lowest BCUT2D eigenvalue weighted by Gasteiger charge is -2.57. The van der Waals surface area contributed by atoms with E-state index in [0.29, 0.717) is 35.4 Å². The summed E-state index contributed by atoms with van der Waals surface area (Å²) < 4.78 is 46.3. The molecule has 164 valence electrons. The molecule has 4 nitrogen and oxygen atoms in total. The second kappa shape index (κ2) is 6.36. The van der Waals surface area contributed by atoms with Gasteiger partial charge in [-0.05, 0) is 74.2 Å². The SMILES string of the molecule is CC(=O)O[C@@H]1CC[C@H]2[C@H]3CCC4=Cc5n[nH]c(C(F)(F)F)c5C[C@@]4(C)[C@@H]3CC[C@]12C. The van der Waals surface area contributed by atoms with Crippen molar-refractivity contribution in [3.63, 3.8) is 0 Å². The van der Waals surface area contributed by atoms with Gasteiger partial charge in [-0.1, -0.05) is 19.4 Å². The van der Waals surface area contributed by atoms with Crippen molar-refractivity contribution in [1.29, 1.82) is 0 Å². The van der Waals surface area contributed by atoms with E-state index < -0.39 is 11.9 Å². The number of esters is 1. The minimum Gasteiger partial charge on any atom is -0.462 e. The minimum atomic E-state index is -4.41. The van der Waals surface area contributed by atoms with E-state index in [2.05, 4.69) is 24.0 Å². The van der Waals surface area contributed by atoms with E-state index in [-0.39, 0.29) is 22.9 Å². The second-order valence-electron chi connectivity index (χ2n) is 10.4. The van der Waals surface area contributed by atoms with Crippen molar-refractivity contribution in [2.45, 2.75) is 78.0 Å². The Morgan fingerprint density at radius 1 is 1.20 bits per heavy atom. The van der Waals surface area contributed by atoms with Gasteiger partial charge in [0, 0.05) is 17.9 Å². The molecule has 5 rings (SSSR count). The molecule has 0 radical (unpaired) electrons. The fraction of sp³-hybridized carbons (Fsp3) is 0.739. The Hall–Kier alpha value is -1.79.